The molecule has 0 rings (SSSR count). The van der Waals surface area contributed by atoms with Gasteiger partial charge in [-0.1, -0.05) is 12.7 Å². The Labute approximate surface area is 78.7 Å². The van der Waals surface area contributed by atoms with Crippen molar-refractivity contribution in [3.05, 3.63) is 23.8 Å². The predicted octanol–water partition coefficient (Wildman–Crippen LogP) is 1.43. The fourth-order valence-electron chi connectivity index (χ4n) is 0.511. The largest absolute Gasteiger partial charge is 0.458 e. The molecule has 0 fully saturated rings. The Hall–Kier alpha value is -1.09. The Kier molecular flexibility index (Phi) is 5.07. The van der Waals surface area contributed by atoms with Crippen LogP contribution in [0.2, 0.25) is 0 Å². The third-order valence-corrected chi connectivity index (χ3v) is 1.73. The van der Waals surface area contributed by atoms with Gasteiger partial charge in [-0.2, -0.15) is 0 Å². The maximum atomic E-state index is 11.1. The summed E-state index contributed by atoms with van der Waals surface area (Å²) in [5.41, 5.74) is 1.05. The number of aliphatic hydroxyl groups is 1. The van der Waals surface area contributed by atoms with Gasteiger partial charge in [0.25, 0.3) is 0 Å². The molecule has 1 N–H and O–H groups in total. The molecule has 0 aromatic rings. The molecule has 0 unspecified atom stereocenters. The van der Waals surface area contributed by atoms with E-state index in [0.717, 1.165) is 0 Å². The highest BCUT2D eigenvalue weighted by atomic mass is 16.5. The fourth-order valence-corrected chi connectivity index (χ4v) is 0.511. The lowest BCUT2D eigenvalue weighted by Gasteiger charge is -2.09. The summed E-state index contributed by atoms with van der Waals surface area (Å²) in [6.45, 7) is 8.66. The molecule has 0 aromatic heterocycles. The van der Waals surface area contributed by atoms with Crippen molar-refractivity contribution in [1.82, 2.24) is 0 Å². The summed E-state index contributed by atoms with van der Waals surface area (Å²) < 4.78 is 4.85. The van der Waals surface area contributed by atoms with Gasteiger partial charge in [0.15, 0.2) is 0 Å². The number of carbonyl (C=O) groups excluding carboxylic acids is 1. The van der Waals surface area contributed by atoms with Crippen LogP contribution in [0.15, 0.2) is 23.8 Å². The molecule has 0 heterocycles. The van der Waals surface area contributed by atoms with Crippen molar-refractivity contribution in [2.45, 2.75) is 26.9 Å². The van der Waals surface area contributed by atoms with Crippen LogP contribution in [0, 0.1) is 0 Å². The van der Waals surface area contributed by atoms with Crippen LogP contribution >= 0.6 is 0 Å². The molecule has 0 radical (unpaired) electrons. The van der Waals surface area contributed by atoms with E-state index in [4.69, 9.17) is 9.84 Å². The minimum atomic E-state index is -0.640. The van der Waals surface area contributed by atoms with E-state index in [-0.39, 0.29) is 12.6 Å². The van der Waals surface area contributed by atoms with Crippen molar-refractivity contribution in [3.8, 4) is 0 Å². The molecule has 0 saturated heterocycles. The standard InChI is InChI=1S/C10H16O3/c1-5-7(2)10(12)13-6-8(3)9(4)11/h5,9,11H,3,6H2,1-2,4H3/b7-5-/t9-/m0/s1. The van der Waals surface area contributed by atoms with E-state index in [1.165, 1.54) is 0 Å². The molecule has 0 bridgehead atoms. The van der Waals surface area contributed by atoms with E-state index in [2.05, 4.69) is 6.58 Å². The molecule has 3 heteroatoms. The van der Waals surface area contributed by atoms with Gasteiger partial charge >= 0.3 is 5.97 Å². The van der Waals surface area contributed by atoms with Gasteiger partial charge in [0.2, 0.25) is 0 Å². The van der Waals surface area contributed by atoms with Crippen LogP contribution in [0.5, 0.6) is 0 Å². The molecule has 0 saturated carbocycles. The minimum absolute atomic E-state index is 0.0711. The van der Waals surface area contributed by atoms with E-state index >= 15 is 0 Å². The normalized spacial score (nSPS) is 13.7. The van der Waals surface area contributed by atoms with Gasteiger partial charge in [0.05, 0.1) is 6.10 Å². The summed E-state index contributed by atoms with van der Waals surface area (Å²) in [6, 6.07) is 0. The number of ether oxygens (including phenoxy) is 1. The number of carbonyl (C=O) groups is 1. The lowest BCUT2D eigenvalue weighted by atomic mass is 10.2. The first-order valence-electron chi connectivity index (χ1n) is 4.14. The second-order valence-corrected chi connectivity index (χ2v) is 2.88. The summed E-state index contributed by atoms with van der Waals surface area (Å²) in [4.78, 5) is 11.1. The maximum Gasteiger partial charge on any atom is 0.333 e. The van der Waals surface area contributed by atoms with Crippen molar-refractivity contribution >= 4 is 5.97 Å². The minimum Gasteiger partial charge on any atom is -0.458 e. The zero-order chi connectivity index (χ0) is 10.4. The number of aliphatic hydroxyl groups excluding tert-OH is 1. The summed E-state index contributed by atoms with van der Waals surface area (Å²) in [5.74, 6) is -0.371. The monoisotopic (exact) mass is 184 g/mol. The Morgan fingerprint density at radius 1 is 1.69 bits per heavy atom. The van der Waals surface area contributed by atoms with Crippen LogP contribution in [0.1, 0.15) is 20.8 Å². The van der Waals surface area contributed by atoms with E-state index in [9.17, 15) is 4.79 Å². The number of allylic oxidation sites excluding steroid dienone is 1. The number of hydrogen-bond donors (Lipinski definition) is 1. The Morgan fingerprint density at radius 3 is 2.62 bits per heavy atom. The topological polar surface area (TPSA) is 46.5 Å². The molecule has 1 atom stereocenters. The summed E-state index contributed by atoms with van der Waals surface area (Å²) >= 11 is 0. The van der Waals surface area contributed by atoms with E-state index < -0.39 is 6.10 Å². The zero-order valence-electron chi connectivity index (χ0n) is 8.33. The van der Waals surface area contributed by atoms with Crippen LogP contribution < -0.4 is 0 Å². The molecule has 3 nitrogen and oxygen atoms in total. The molecule has 0 aliphatic rings. The Bertz CT molecular complexity index is 226. The molecule has 0 amide bonds. The maximum absolute atomic E-state index is 11.1. The second-order valence-electron chi connectivity index (χ2n) is 2.88. The summed E-state index contributed by atoms with van der Waals surface area (Å²) in [5, 5.41) is 9.02. The first-order valence-corrected chi connectivity index (χ1v) is 4.14. The summed E-state index contributed by atoms with van der Waals surface area (Å²) in [7, 11) is 0. The predicted molar refractivity (Wildman–Crippen MR) is 51.2 cm³/mol. The number of hydrogen-bond acceptors (Lipinski definition) is 3. The fraction of sp³-hybridized carbons (Fsp3) is 0.500. The quantitative estimate of drug-likeness (QED) is 0.408. The first kappa shape index (κ1) is 11.9. The van der Waals surface area contributed by atoms with Gasteiger partial charge < -0.3 is 9.84 Å². The zero-order valence-corrected chi connectivity index (χ0v) is 8.33. The van der Waals surface area contributed by atoms with Crippen LogP contribution in [-0.2, 0) is 9.53 Å². The van der Waals surface area contributed by atoms with Crippen molar-refractivity contribution in [2.24, 2.45) is 0 Å². The average Bonchev–Trinajstić information content (AvgIpc) is 2.11. The van der Waals surface area contributed by atoms with Crippen LogP contribution in [0.4, 0.5) is 0 Å². The first-order chi connectivity index (χ1) is 5.99. The Balaban J connectivity index is 3.91. The molecular weight excluding hydrogens is 168 g/mol. The van der Waals surface area contributed by atoms with Crippen molar-refractivity contribution in [3.63, 3.8) is 0 Å². The van der Waals surface area contributed by atoms with Gasteiger partial charge in [-0.05, 0) is 26.3 Å². The molecule has 0 aliphatic heterocycles. The number of rotatable bonds is 4. The SMILES string of the molecule is C=C(COC(=O)/C(C)=C\C)[C@H](C)O. The van der Waals surface area contributed by atoms with Gasteiger partial charge in [0.1, 0.15) is 6.61 Å². The Morgan fingerprint density at radius 2 is 2.23 bits per heavy atom. The van der Waals surface area contributed by atoms with Crippen molar-refractivity contribution in [2.75, 3.05) is 6.61 Å². The van der Waals surface area contributed by atoms with Gasteiger partial charge in [-0.25, -0.2) is 4.79 Å². The molecule has 0 aromatic carbocycles. The summed E-state index contributed by atoms with van der Waals surface area (Å²) in [6.07, 6.45) is 1.03. The van der Waals surface area contributed by atoms with Gasteiger partial charge in [0, 0.05) is 5.57 Å². The molecule has 0 aliphatic carbocycles. The van der Waals surface area contributed by atoms with E-state index in [1.54, 1.807) is 26.8 Å². The van der Waals surface area contributed by atoms with Crippen LogP contribution in [0.25, 0.3) is 0 Å². The van der Waals surface area contributed by atoms with Gasteiger partial charge in [-0.3, -0.25) is 0 Å². The molecule has 13 heavy (non-hydrogen) atoms. The highest BCUT2D eigenvalue weighted by molar-refractivity contribution is 5.87. The third kappa shape index (κ3) is 4.48. The van der Waals surface area contributed by atoms with Crippen LogP contribution in [-0.4, -0.2) is 23.8 Å². The van der Waals surface area contributed by atoms with E-state index in [0.29, 0.717) is 11.1 Å². The smallest absolute Gasteiger partial charge is 0.333 e. The molecule has 0 spiro atoms. The molecule has 74 valence electrons. The third-order valence-electron chi connectivity index (χ3n) is 1.73. The van der Waals surface area contributed by atoms with Crippen molar-refractivity contribution in [1.29, 1.82) is 0 Å². The van der Waals surface area contributed by atoms with Crippen LogP contribution in [0.3, 0.4) is 0 Å². The highest BCUT2D eigenvalue weighted by Crippen LogP contribution is 2.02. The lowest BCUT2D eigenvalue weighted by molar-refractivity contribution is -0.138. The van der Waals surface area contributed by atoms with Gasteiger partial charge in [-0.15, -0.1) is 0 Å². The van der Waals surface area contributed by atoms with Crippen molar-refractivity contribution < 1.29 is 14.6 Å². The highest BCUT2D eigenvalue weighted by Gasteiger charge is 2.07. The number of esters is 1. The average molecular weight is 184 g/mol. The molecular formula is C10H16O3. The second kappa shape index (κ2) is 5.54. The lowest BCUT2D eigenvalue weighted by Crippen LogP contribution is -2.14. The van der Waals surface area contributed by atoms with E-state index in [1.807, 2.05) is 0 Å².